The molecule has 0 saturated carbocycles. The van der Waals surface area contributed by atoms with Gasteiger partial charge < -0.3 is 15.8 Å². The first kappa shape index (κ1) is 25.2. The van der Waals surface area contributed by atoms with Gasteiger partial charge in [-0.3, -0.25) is 14.5 Å². The van der Waals surface area contributed by atoms with Crippen LogP contribution in [0.3, 0.4) is 0 Å². The van der Waals surface area contributed by atoms with E-state index < -0.39 is 5.91 Å². The van der Waals surface area contributed by atoms with Crippen molar-refractivity contribution in [3.63, 3.8) is 0 Å². The molecule has 0 aliphatic heterocycles. The fourth-order valence-corrected chi connectivity index (χ4v) is 3.75. The molecule has 3 aromatic carbocycles. The summed E-state index contributed by atoms with van der Waals surface area (Å²) in [7, 11) is 1.46. The van der Waals surface area contributed by atoms with Crippen LogP contribution in [0.2, 0.25) is 5.02 Å². The zero-order chi connectivity index (χ0) is 25.0. The van der Waals surface area contributed by atoms with Crippen LogP contribution in [-0.2, 0) is 5.41 Å². The largest absolute Gasteiger partial charge is 0.494 e. The number of hydrogen-bond donors (Lipinski definition) is 2. The van der Waals surface area contributed by atoms with Gasteiger partial charge in [-0.05, 0) is 59.6 Å². The fourth-order valence-electron chi connectivity index (χ4n) is 3.34. The molecule has 0 bridgehead atoms. The molecule has 0 atom stereocenters. The van der Waals surface area contributed by atoms with Gasteiger partial charge in [0, 0.05) is 11.6 Å². The number of rotatable bonds is 5. The van der Waals surface area contributed by atoms with Gasteiger partial charge in [-0.1, -0.05) is 56.6 Å². The molecule has 0 aromatic heterocycles. The minimum absolute atomic E-state index is 0.0396. The third-order valence-corrected chi connectivity index (χ3v) is 5.74. The molecule has 0 heterocycles. The van der Waals surface area contributed by atoms with Gasteiger partial charge in [-0.2, -0.15) is 0 Å². The number of nitrogens with one attached hydrogen (secondary N) is 1. The molecule has 0 saturated heterocycles. The van der Waals surface area contributed by atoms with Crippen LogP contribution in [0.25, 0.3) is 0 Å². The Morgan fingerprint density at radius 2 is 1.68 bits per heavy atom. The number of methoxy groups -OCH3 is 1. The number of anilines is 2. The van der Waals surface area contributed by atoms with E-state index in [4.69, 9.17) is 34.3 Å². The third-order valence-electron chi connectivity index (χ3n) is 5.23. The van der Waals surface area contributed by atoms with Gasteiger partial charge in [-0.25, -0.2) is 0 Å². The second kappa shape index (κ2) is 10.2. The molecule has 3 aromatic rings. The van der Waals surface area contributed by atoms with Crippen LogP contribution in [0, 0.1) is 0 Å². The van der Waals surface area contributed by atoms with Crippen LogP contribution in [0.4, 0.5) is 11.4 Å². The van der Waals surface area contributed by atoms with Crippen LogP contribution < -0.4 is 20.7 Å². The Labute approximate surface area is 209 Å². The van der Waals surface area contributed by atoms with Crippen LogP contribution in [0.15, 0.2) is 66.7 Å². The molecule has 176 valence electrons. The van der Waals surface area contributed by atoms with E-state index in [0.717, 1.165) is 5.56 Å². The monoisotopic (exact) mass is 495 g/mol. The molecule has 0 fully saturated rings. The summed E-state index contributed by atoms with van der Waals surface area (Å²) in [4.78, 5) is 27.2. The van der Waals surface area contributed by atoms with E-state index in [-0.39, 0.29) is 16.4 Å². The lowest BCUT2D eigenvalue weighted by Gasteiger charge is -2.23. The minimum atomic E-state index is -0.391. The number of carbonyl (C=O) groups excluding carboxylic acids is 2. The van der Waals surface area contributed by atoms with Crippen LogP contribution in [0.5, 0.6) is 5.75 Å². The highest BCUT2D eigenvalue weighted by Crippen LogP contribution is 2.32. The van der Waals surface area contributed by atoms with E-state index in [2.05, 4.69) is 26.1 Å². The van der Waals surface area contributed by atoms with Crippen molar-refractivity contribution in [2.45, 2.75) is 26.2 Å². The molecule has 3 rings (SSSR count). The molecular formula is C26H26ClN3O3S. The first-order chi connectivity index (χ1) is 16.0. The number of thiocarbonyl (C=S) groups is 1. The molecular weight excluding hydrogens is 470 g/mol. The summed E-state index contributed by atoms with van der Waals surface area (Å²) in [5.41, 5.74) is 8.56. The normalized spacial score (nSPS) is 11.0. The van der Waals surface area contributed by atoms with Crippen molar-refractivity contribution in [3.05, 3.63) is 88.4 Å². The summed E-state index contributed by atoms with van der Waals surface area (Å²) in [6.45, 7) is 6.30. The highest BCUT2D eigenvalue weighted by molar-refractivity contribution is 7.80. The van der Waals surface area contributed by atoms with Crippen LogP contribution >= 0.6 is 23.8 Å². The van der Waals surface area contributed by atoms with Crippen molar-refractivity contribution in [2.24, 2.45) is 5.73 Å². The fraction of sp³-hybridized carbons (Fsp3) is 0.192. The topological polar surface area (TPSA) is 84.7 Å². The van der Waals surface area contributed by atoms with Gasteiger partial charge in [0.25, 0.3) is 11.8 Å². The standard InChI is InChI=1S/C26H26ClN3O3S/c1-26(2,3)17-11-9-16(10-12-17)24(32)30(25(28)34)18-13-14-21(22(15-18)33-4)29-23(31)19-7-5-6-8-20(19)27/h5-15H,1-4H3,(H2,28,34)(H,29,31). The van der Waals surface area contributed by atoms with Gasteiger partial charge in [0.2, 0.25) is 0 Å². The summed E-state index contributed by atoms with van der Waals surface area (Å²) in [6, 6.07) is 18.9. The number of benzene rings is 3. The Bertz CT molecular complexity index is 1240. The third kappa shape index (κ3) is 5.55. The molecule has 6 nitrogen and oxygen atoms in total. The molecule has 2 amide bonds. The first-order valence-electron chi connectivity index (χ1n) is 10.5. The van der Waals surface area contributed by atoms with E-state index >= 15 is 0 Å². The minimum Gasteiger partial charge on any atom is -0.494 e. The number of nitrogens with two attached hydrogens (primary N) is 1. The second-order valence-electron chi connectivity index (χ2n) is 8.62. The smallest absolute Gasteiger partial charge is 0.264 e. The van der Waals surface area contributed by atoms with Gasteiger partial charge in [-0.15, -0.1) is 0 Å². The van der Waals surface area contributed by atoms with Crippen molar-refractivity contribution < 1.29 is 14.3 Å². The number of nitrogens with zero attached hydrogens (tertiary/aromatic N) is 1. The Kier molecular flexibility index (Phi) is 7.59. The highest BCUT2D eigenvalue weighted by atomic mass is 35.5. The number of ether oxygens (including phenoxy) is 1. The zero-order valence-electron chi connectivity index (χ0n) is 19.4. The molecule has 0 spiro atoms. The molecule has 34 heavy (non-hydrogen) atoms. The van der Waals surface area contributed by atoms with E-state index in [1.54, 1.807) is 54.6 Å². The SMILES string of the molecule is COc1cc(N(C(=O)c2ccc(C(C)(C)C)cc2)C(N)=S)ccc1NC(=O)c1ccccc1Cl. The van der Waals surface area contributed by atoms with Crippen molar-refractivity contribution in [3.8, 4) is 5.75 Å². The summed E-state index contributed by atoms with van der Waals surface area (Å²) >= 11 is 11.3. The molecule has 0 radical (unpaired) electrons. The summed E-state index contributed by atoms with van der Waals surface area (Å²) < 4.78 is 5.45. The second-order valence-corrected chi connectivity index (χ2v) is 9.45. The van der Waals surface area contributed by atoms with Gasteiger partial charge in [0.15, 0.2) is 5.11 Å². The molecule has 0 aliphatic carbocycles. The quantitative estimate of drug-likeness (QED) is 0.438. The predicted octanol–water partition coefficient (Wildman–Crippen LogP) is 5.79. The highest BCUT2D eigenvalue weighted by Gasteiger charge is 2.23. The van der Waals surface area contributed by atoms with Crippen molar-refractivity contribution in [1.29, 1.82) is 0 Å². The lowest BCUT2D eigenvalue weighted by molar-refractivity contribution is 0.0999. The van der Waals surface area contributed by atoms with Gasteiger partial charge >= 0.3 is 0 Å². The van der Waals surface area contributed by atoms with E-state index in [1.165, 1.54) is 12.0 Å². The van der Waals surface area contributed by atoms with Crippen molar-refractivity contribution in [2.75, 3.05) is 17.3 Å². The van der Waals surface area contributed by atoms with E-state index in [1.807, 2.05) is 12.1 Å². The van der Waals surface area contributed by atoms with Crippen molar-refractivity contribution >= 4 is 52.1 Å². The lowest BCUT2D eigenvalue weighted by atomic mass is 9.86. The van der Waals surface area contributed by atoms with Crippen LogP contribution in [-0.4, -0.2) is 24.0 Å². The Morgan fingerprint density at radius 1 is 1.03 bits per heavy atom. The molecule has 0 aliphatic rings. The summed E-state index contributed by atoms with van der Waals surface area (Å²) in [6.07, 6.45) is 0. The average molecular weight is 496 g/mol. The molecule has 0 unspecified atom stereocenters. The number of amides is 2. The van der Waals surface area contributed by atoms with Crippen molar-refractivity contribution in [1.82, 2.24) is 0 Å². The Balaban J connectivity index is 1.90. The Morgan fingerprint density at radius 3 is 2.24 bits per heavy atom. The first-order valence-corrected chi connectivity index (χ1v) is 11.3. The summed E-state index contributed by atoms with van der Waals surface area (Å²) in [5, 5.41) is 3.00. The number of hydrogen-bond acceptors (Lipinski definition) is 4. The predicted molar refractivity (Wildman–Crippen MR) is 141 cm³/mol. The molecule has 8 heteroatoms. The van der Waals surface area contributed by atoms with Crippen LogP contribution in [0.1, 0.15) is 47.1 Å². The maximum Gasteiger partial charge on any atom is 0.264 e. The van der Waals surface area contributed by atoms with Gasteiger partial charge in [0.05, 0.1) is 29.1 Å². The number of carbonyl (C=O) groups is 2. The number of halogens is 1. The van der Waals surface area contributed by atoms with Gasteiger partial charge in [0.1, 0.15) is 5.75 Å². The van der Waals surface area contributed by atoms with E-state index in [0.29, 0.717) is 33.3 Å². The lowest BCUT2D eigenvalue weighted by Crippen LogP contribution is -2.40. The average Bonchev–Trinajstić information content (AvgIpc) is 2.79. The summed E-state index contributed by atoms with van der Waals surface area (Å²) in [5.74, 6) is -0.434. The zero-order valence-corrected chi connectivity index (χ0v) is 21.0. The van der Waals surface area contributed by atoms with E-state index in [9.17, 15) is 9.59 Å². The maximum absolute atomic E-state index is 13.3. The Hall–Kier alpha value is -3.42. The maximum atomic E-state index is 13.3. The molecule has 3 N–H and O–H groups in total.